The molecule has 0 spiro atoms. The van der Waals surface area contributed by atoms with Crippen molar-refractivity contribution >= 4 is 11.6 Å². The van der Waals surface area contributed by atoms with E-state index in [4.69, 9.17) is 22.1 Å². The third kappa shape index (κ3) is 13.4. The Kier molecular flexibility index (Phi) is 17.1. The molecule has 100 valence electrons. The van der Waals surface area contributed by atoms with E-state index in [1.54, 1.807) is 7.11 Å². The van der Waals surface area contributed by atoms with Gasteiger partial charge in [0.15, 0.2) is 0 Å². The Morgan fingerprint density at radius 2 is 1.71 bits per heavy atom. The molecule has 0 fully saturated rings. The van der Waals surface area contributed by atoms with Crippen molar-refractivity contribution in [3.05, 3.63) is 34.9 Å². The molecule has 0 aliphatic carbocycles. The van der Waals surface area contributed by atoms with Crippen molar-refractivity contribution in [2.45, 2.75) is 40.2 Å². The molecule has 3 heteroatoms. The highest BCUT2D eigenvalue weighted by Gasteiger charge is 1.89. The average molecular weight is 260 g/mol. The minimum absolute atomic E-state index is 0.650. The standard InChI is InChI=1S/C8H9ClO.C4H11N.C2H6/c1-10-6-7-2-4-8(9)5-3-7;1-2-3-4-5;1-2/h2-5H,6H2,1H3;2-5H2,1H3;1-2H3. The molecular formula is C14H26ClNO. The topological polar surface area (TPSA) is 35.2 Å². The second-order valence-electron chi connectivity index (χ2n) is 3.20. The first-order chi connectivity index (χ1) is 8.24. The summed E-state index contributed by atoms with van der Waals surface area (Å²) in [5.41, 5.74) is 6.28. The van der Waals surface area contributed by atoms with E-state index < -0.39 is 0 Å². The zero-order valence-electron chi connectivity index (χ0n) is 11.5. The van der Waals surface area contributed by atoms with Gasteiger partial charge in [0.1, 0.15) is 0 Å². The van der Waals surface area contributed by atoms with Crippen molar-refractivity contribution in [1.82, 2.24) is 0 Å². The number of benzene rings is 1. The highest BCUT2D eigenvalue weighted by Crippen LogP contribution is 2.09. The SMILES string of the molecule is CC.CCCCN.COCc1ccc(Cl)cc1. The van der Waals surface area contributed by atoms with Crippen molar-refractivity contribution in [2.75, 3.05) is 13.7 Å². The quantitative estimate of drug-likeness (QED) is 0.877. The van der Waals surface area contributed by atoms with Gasteiger partial charge in [-0.3, -0.25) is 0 Å². The van der Waals surface area contributed by atoms with Crippen LogP contribution < -0.4 is 5.73 Å². The minimum atomic E-state index is 0.650. The lowest BCUT2D eigenvalue weighted by Crippen LogP contribution is -1.95. The molecule has 0 aliphatic heterocycles. The van der Waals surface area contributed by atoms with Gasteiger partial charge in [0, 0.05) is 12.1 Å². The lowest BCUT2D eigenvalue weighted by molar-refractivity contribution is 0.185. The van der Waals surface area contributed by atoms with Gasteiger partial charge in [-0.2, -0.15) is 0 Å². The highest BCUT2D eigenvalue weighted by atomic mass is 35.5. The van der Waals surface area contributed by atoms with E-state index in [1.165, 1.54) is 12.8 Å². The number of nitrogens with two attached hydrogens (primary N) is 1. The molecule has 0 saturated carbocycles. The number of unbranched alkanes of at least 4 members (excludes halogenated alkanes) is 1. The first kappa shape index (κ1) is 18.8. The lowest BCUT2D eigenvalue weighted by atomic mass is 10.2. The normalized spacial score (nSPS) is 8.59. The van der Waals surface area contributed by atoms with Gasteiger partial charge in [-0.25, -0.2) is 0 Å². The summed E-state index contributed by atoms with van der Waals surface area (Å²) in [6.07, 6.45) is 2.39. The van der Waals surface area contributed by atoms with Crippen LogP contribution in [0.15, 0.2) is 24.3 Å². The Hall–Kier alpha value is -0.570. The van der Waals surface area contributed by atoms with Crippen LogP contribution in [0.2, 0.25) is 5.02 Å². The van der Waals surface area contributed by atoms with Gasteiger partial charge in [0.25, 0.3) is 0 Å². The van der Waals surface area contributed by atoms with Crippen molar-refractivity contribution in [3.8, 4) is 0 Å². The summed E-state index contributed by atoms with van der Waals surface area (Å²) in [5, 5.41) is 0.764. The number of hydrogen-bond donors (Lipinski definition) is 1. The Bertz CT molecular complexity index is 234. The molecule has 0 atom stereocenters. The predicted molar refractivity (Wildman–Crippen MR) is 77.5 cm³/mol. The maximum Gasteiger partial charge on any atom is 0.0713 e. The molecule has 0 heterocycles. The zero-order valence-corrected chi connectivity index (χ0v) is 12.3. The number of halogens is 1. The third-order valence-corrected chi connectivity index (χ3v) is 2.03. The molecule has 0 radical (unpaired) electrons. The molecule has 2 nitrogen and oxygen atoms in total. The van der Waals surface area contributed by atoms with Crippen LogP contribution in [0.4, 0.5) is 0 Å². The molecular weight excluding hydrogens is 234 g/mol. The molecule has 0 saturated heterocycles. The summed E-state index contributed by atoms with van der Waals surface area (Å²) in [7, 11) is 1.68. The molecule has 1 rings (SSSR count). The number of rotatable bonds is 4. The molecule has 1 aromatic rings. The predicted octanol–water partition coefficient (Wildman–Crippen LogP) is 4.26. The second kappa shape index (κ2) is 15.4. The van der Waals surface area contributed by atoms with E-state index in [0.717, 1.165) is 17.1 Å². The lowest BCUT2D eigenvalue weighted by Gasteiger charge is -1.97. The van der Waals surface area contributed by atoms with Crippen molar-refractivity contribution in [2.24, 2.45) is 5.73 Å². The van der Waals surface area contributed by atoms with E-state index in [1.807, 2.05) is 38.1 Å². The number of methoxy groups -OCH3 is 1. The second-order valence-corrected chi connectivity index (χ2v) is 3.64. The average Bonchev–Trinajstić information content (AvgIpc) is 2.37. The minimum Gasteiger partial charge on any atom is -0.380 e. The van der Waals surface area contributed by atoms with Crippen LogP contribution in [-0.2, 0) is 11.3 Å². The van der Waals surface area contributed by atoms with Gasteiger partial charge >= 0.3 is 0 Å². The maximum atomic E-state index is 5.67. The largest absolute Gasteiger partial charge is 0.380 e. The smallest absolute Gasteiger partial charge is 0.0713 e. The summed E-state index contributed by atoms with van der Waals surface area (Å²) >= 11 is 5.67. The fourth-order valence-corrected chi connectivity index (χ4v) is 1.08. The van der Waals surface area contributed by atoms with Crippen LogP contribution in [0, 0.1) is 0 Å². The summed E-state index contributed by atoms with van der Waals surface area (Å²) in [5.74, 6) is 0. The monoisotopic (exact) mass is 259 g/mol. The van der Waals surface area contributed by atoms with Gasteiger partial charge in [-0.05, 0) is 30.7 Å². The van der Waals surface area contributed by atoms with E-state index in [2.05, 4.69) is 6.92 Å². The molecule has 0 bridgehead atoms. The molecule has 1 aromatic carbocycles. The Morgan fingerprint density at radius 3 is 2.00 bits per heavy atom. The van der Waals surface area contributed by atoms with Gasteiger partial charge in [0.2, 0.25) is 0 Å². The van der Waals surface area contributed by atoms with E-state index in [-0.39, 0.29) is 0 Å². The number of hydrogen-bond acceptors (Lipinski definition) is 2. The van der Waals surface area contributed by atoms with Gasteiger partial charge in [-0.1, -0.05) is 50.9 Å². The zero-order chi connectivity index (χ0) is 13.5. The fraction of sp³-hybridized carbons (Fsp3) is 0.571. The van der Waals surface area contributed by atoms with Gasteiger partial charge in [0.05, 0.1) is 6.61 Å². The first-order valence-electron chi connectivity index (χ1n) is 6.18. The molecule has 0 unspecified atom stereocenters. The summed E-state index contributed by atoms with van der Waals surface area (Å²) in [6, 6.07) is 7.61. The van der Waals surface area contributed by atoms with Crippen LogP contribution in [0.1, 0.15) is 39.2 Å². The Balaban J connectivity index is 0. The van der Waals surface area contributed by atoms with Gasteiger partial charge in [-0.15, -0.1) is 0 Å². The Labute approximate surface area is 111 Å². The highest BCUT2D eigenvalue weighted by molar-refractivity contribution is 6.30. The molecule has 2 N–H and O–H groups in total. The summed E-state index contributed by atoms with van der Waals surface area (Å²) < 4.78 is 4.92. The van der Waals surface area contributed by atoms with Crippen LogP contribution in [-0.4, -0.2) is 13.7 Å². The van der Waals surface area contributed by atoms with Crippen LogP contribution in [0.5, 0.6) is 0 Å². The van der Waals surface area contributed by atoms with Crippen molar-refractivity contribution in [3.63, 3.8) is 0 Å². The maximum absolute atomic E-state index is 5.67. The van der Waals surface area contributed by atoms with Crippen LogP contribution >= 0.6 is 11.6 Å². The van der Waals surface area contributed by atoms with E-state index in [0.29, 0.717) is 6.61 Å². The Morgan fingerprint density at radius 1 is 1.18 bits per heavy atom. The van der Waals surface area contributed by atoms with Crippen LogP contribution in [0.25, 0.3) is 0 Å². The summed E-state index contributed by atoms with van der Waals surface area (Å²) in [4.78, 5) is 0. The number of ether oxygens (including phenoxy) is 1. The molecule has 0 amide bonds. The van der Waals surface area contributed by atoms with E-state index in [9.17, 15) is 0 Å². The van der Waals surface area contributed by atoms with Gasteiger partial charge < -0.3 is 10.5 Å². The van der Waals surface area contributed by atoms with Crippen molar-refractivity contribution < 1.29 is 4.74 Å². The summed E-state index contributed by atoms with van der Waals surface area (Å²) in [6.45, 7) is 7.63. The van der Waals surface area contributed by atoms with Crippen LogP contribution in [0.3, 0.4) is 0 Å². The van der Waals surface area contributed by atoms with Crippen molar-refractivity contribution in [1.29, 1.82) is 0 Å². The molecule has 17 heavy (non-hydrogen) atoms. The first-order valence-corrected chi connectivity index (χ1v) is 6.55. The fourth-order valence-electron chi connectivity index (χ4n) is 0.951. The third-order valence-electron chi connectivity index (χ3n) is 1.78. The van der Waals surface area contributed by atoms with E-state index >= 15 is 0 Å². The molecule has 0 aromatic heterocycles. The molecule has 0 aliphatic rings.